The van der Waals surface area contributed by atoms with Gasteiger partial charge in [0.2, 0.25) is 0 Å². The first-order valence-electron chi connectivity index (χ1n) is 10.8. The van der Waals surface area contributed by atoms with Gasteiger partial charge in [-0.25, -0.2) is 0 Å². The van der Waals surface area contributed by atoms with E-state index in [1.54, 1.807) is 11.1 Å². The molecule has 2 saturated heterocycles. The molecule has 4 aliphatic carbocycles. The fraction of sp³-hybridized carbons (Fsp3) is 0.864. The molecule has 8 atom stereocenters. The number of hydrogen-bond acceptors (Lipinski definition) is 3. The Balaban J connectivity index is 1.64. The van der Waals surface area contributed by atoms with Crippen molar-refractivity contribution < 1.29 is 15.0 Å². The van der Waals surface area contributed by atoms with Gasteiger partial charge in [0, 0.05) is 36.6 Å². The number of piperidine rings is 1. The molecule has 2 saturated carbocycles. The van der Waals surface area contributed by atoms with Crippen molar-refractivity contribution in [3.63, 3.8) is 0 Å². The molecule has 6 aliphatic rings. The Hall–Kier alpha value is -0.870. The minimum Gasteiger partial charge on any atom is -0.481 e. The molecule has 6 rings (SSSR count). The van der Waals surface area contributed by atoms with Crippen LogP contribution in [0.5, 0.6) is 0 Å². The number of hydrogen-bond donors (Lipinski definition) is 2. The highest BCUT2D eigenvalue weighted by atomic mass is 16.4. The Kier molecular flexibility index (Phi) is 3.06. The molecule has 0 aromatic carbocycles. The summed E-state index contributed by atoms with van der Waals surface area (Å²) in [6.45, 7) is 4.99. The van der Waals surface area contributed by atoms with Gasteiger partial charge in [-0.15, -0.1) is 0 Å². The molecule has 2 heterocycles. The zero-order valence-corrected chi connectivity index (χ0v) is 15.8. The highest BCUT2D eigenvalue weighted by molar-refractivity contribution is 5.73. The van der Waals surface area contributed by atoms with Crippen LogP contribution in [0.25, 0.3) is 0 Å². The minimum atomic E-state index is -0.588. The summed E-state index contributed by atoms with van der Waals surface area (Å²) in [5.74, 6) is 1.38. The van der Waals surface area contributed by atoms with Crippen molar-refractivity contribution in [3.05, 3.63) is 11.1 Å². The third kappa shape index (κ3) is 1.53. The number of aliphatic carboxylic acids is 1. The predicted octanol–water partition coefficient (Wildman–Crippen LogP) is 2.92. The Morgan fingerprint density at radius 3 is 2.81 bits per heavy atom. The second-order valence-electron chi connectivity index (χ2n) is 10.4. The number of allylic oxidation sites excluding steroid dienone is 1. The summed E-state index contributed by atoms with van der Waals surface area (Å²) in [5, 5.41) is 20.9. The van der Waals surface area contributed by atoms with Gasteiger partial charge >= 0.3 is 5.97 Å². The van der Waals surface area contributed by atoms with Crippen molar-refractivity contribution in [3.8, 4) is 0 Å². The van der Waals surface area contributed by atoms with Crippen LogP contribution in [0.15, 0.2) is 11.1 Å². The van der Waals surface area contributed by atoms with Crippen molar-refractivity contribution in [2.45, 2.75) is 57.9 Å². The van der Waals surface area contributed by atoms with Crippen molar-refractivity contribution in [2.24, 2.45) is 40.4 Å². The van der Waals surface area contributed by atoms with Gasteiger partial charge in [-0.1, -0.05) is 18.1 Å². The lowest BCUT2D eigenvalue weighted by Gasteiger charge is -2.66. The summed E-state index contributed by atoms with van der Waals surface area (Å²) in [6.07, 6.45) is 7.67. The van der Waals surface area contributed by atoms with Gasteiger partial charge in [-0.2, -0.15) is 0 Å². The largest absolute Gasteiger partial charge is 0.481 e. The molecular weight excluding hydrogens is 326 g/mol. The van der Waals surface area contributed by atoms with E-state index in [1.165, 1.54) is 19.4 Å². The minimum absolute atomic E-state index is 0.0472. The van der Waals surface area contributed by atoms with Crippen LogP contribution in [0.3, 0.4) is 0 Å². The van der Waals surface area contributed by atoms with Gasteiger partial charge in [0.25, 0.3) is 0 Å². The predicted molar refractivity (Wildman–Crippen MR) is 97.4 cm³/mol. The van der Waals surface area contributed by atoms with E-state index in [0.717, 1.165) is 38.6 Å². The van der Waals surface area contributed by atoms with Crippen molar-refractivity contribution in [1.29, 1.82) is 0 Å². The van der Waals surface area contributed by atoms with Gasteiger partial charge in [0.15, 0.2) is 0 Å². The first-order chi connectivity index (χ1) is 12.5. The number of nitrogens with zero attached hydrogens (tertiary/aromatic N) is 1. The zero-order chi connectivity index (χ0) is 17.8. The van der Waals surface area contributed by atoms with Crippen LogP contribution in [0.2, 0.25) is 0 Å². The lowest BCUT2D eigenvalue weighted by atomic mass is 9.43. The van der Waals surface area contributed by atoms with Crippen molar-refractivity contribution in [1.82, 2.24) is 4.90 Å². The van der Waals surface area contributed by atoms with Gasteiger partial charge in [0.1, 0.15) is 0 Å². The van der Waals surface area contributed by atoms with Gasteiger partial charge in [-0.05, 0) is 68.6 Å². The average Bonchev–Trinajstić information content (AvgIpc) is 3.25. The maximum absolute atomic E-state index is 12.2. The quantitative estimate of drug-likeness (QED) is 0.746. The van der Waals surface area contributed by atoms with Crippen molar-refractivity contribution in [2.75, 3.05) is 19.7 Å². The third-order valence-electron chi connectivity index (χ3n) is 10.0. The highest BCUT2D eigenvalue weighted by Crippen LogP contribution is 2.76. The van der Waals surface area contributed by atoms with Crippen LogP contribution < -0.4 is 0 Å². The lowest BCUT2D eigenvalue weighted by molar-refractivity contribution is -0.173. The normalized spacial score (nSPS) is 54.4. The summed E-state index contributed by atoms with van der Waals surface area (Å²) < 4.78 is 0. The van der Waals surface area contributed by atoms with Crippen LogP contribution >= 0.6 is 0 Å². The molecule has 4 bridgehead atoms. The molecule has 0 aromatic rings. The first-order valence-corrected chi connectivity index (χ1v) is 10.8. The summed E-state index contributed by atoms with van der Waals surface area (Å²) in [5.41, 5.74) is 3.07. The molecule has 26 heavy (non-hydrogen) atoms. The number of aliphatic hydroxyl groups is 1. The molecule has 0 aromatic heterocycles. The molecule has 0 radical (unpaired) electrons. The van der Waals surface area contributed by atoms with E-state index < -0.39 is 5.97 Å². The van der Waals surface area contributed by atoms with Crippen molar-refractivity contribution >= 4 is 5.97 Å². The highest BCUT2D eigenvalue weighted by Gasteiger charge is 2.75. The zero-order valence-electron chi connectivity index (χ0n) is 15.8. The van der Waals surface area contributed by atoms with Gasteiger partial charge in [-0.3, -0.25) is 9.69 Å². The second-order valence-corrected chi connectivity index (χ2v) is 10.4. The van der Waals surface area contributed by atoms with E-state index in [9.17, 15) is 15.0 Å². The topological polar surface area (TPSA) is 60.8 Å². The molecule has 4 fully saturated rings. The maximum Gasteiger partial charge on any atom is 0.307 e. The number of rotatable bonds is 2. The maximum atomic E-state index is 12.2. The van der Waals surface area contributed by atoms with E-state index in [2.05, 4.69) is 11.8 Å². The third-order valence-corrected chi connectivity index (χ3v) is 10.0. The van der Waals surface area contributed by atoms with Gasteiger partial charge in [0.05, 0.1) is 5.92 Å². The van der Waals surface area contributed by atoms with E-state index in [4.69, 9.17) is 0 Å². The van der Waals surface area contributed by atoms with E-state index in [1.807, 2.05) is 0 Å². The smallest absolute Gasteiger partial charge is 0.307 e. The Bertz CT molecular complexity index is 716. The SMILES string of the molecule is C[C@@H]1CN2C[C@H]3CCC4=C5[C@H](CC4)[C@H](C(=O)O)CC54[C@@H]2C1CCC34CO. The number of carbonyl (C=O) groups is 1. The molecule has 4 heteroatoms. The summed E-state index contributed by atoms with van der Waals surface area (Å²) >= 11 is 0. The summed E-state index contributed by atoms with van der Waals surface area (Å²) in [6, 6.07) is 0.489. The molecule has 3 unspecified atom stereocenters. The fourth-order valence-corrected chi connectivity index (χ4v) is 9.33. The number of carboxylic acid groups (broad SMARTS) is 1. The van der Waals surface area contributed by atoms with Crippen LogP contribution in [0.1, 0.15) is 51.9 Å². The standard InChI is InChI=1S/C22H31NO3/c1-12-9-23-10-14-4-2-13-3-5-16-17(20(25)26)8-22(18(13)16)19(23)15(12)6-7-21(14,22)11-24/h12,14-17,19,24H,2-11H2,1H3,(H,25,26)/t12-,14-,15?,16-,17-,19+,21?,22?/m1/s1. The molecule has 4 nitrogen and oxygen atoms in total. The summed E-state index contributed by atoms with van der Waals surface area (Å²) in [7, 11) is 0. The Morgan fingerprint density at radius 1 is 1.23 bits per heavy atom. The monoisotopic (exact) mass is 357 g/mol. The van der Waals surface area contributed by atoms with E-state index in [-0.39, 0.29) is 29.3 Å². The number of carboxylic acids is 1. The van der Waals surface area contributed by atoms with E-state index >= 15 is 0 Å². The molecule has 1 spiro atoms. The average molecular weight is 357 g/mol. The van der Waals surface area contributed by atoms with E-state index in [0.29, 0.717) is 23.8 Å². The fourth-order valence-electron chi connectivity index (χ4n) is 9.33. The first kappa shape index (κ1) is 16.1. The summed E-state index contributed by atoms with van der Waals surface area (Å²) in [4.78, 5) is 15.0. The van der Waals surface area contributed by atoms with Gasteiger partial charge < -0.3 is 10.2 Å². The van der Waals surface area contributed by atoms with Crippen LogP contribution in [-0.4, -0.2) is 46.8 Å². The van der Waals surface area contributed by atoms with Crippen LogP contribution in [0.4, 0.5) is 0 Å². The lowest BCUT2D eigenvalue weighted by Crippen LogP contribution is -2.68. The second kappa shape index (κ2) is 4.94. The van der Waals surface area contributed by atoms with Crippen LogP contribution in [0, 0.1) is 40.4 Å². The Morgan fingerprint density at radius 2 is 2.04 bits per heavy atom. The molecule has 142 valence electrons. The number of aliphatic hydroxyl groups excluding tert-OH is 1. The molecular formula is C22H31NO3. The Labute approximate surface area is 155 Å². The van der Waals surface area contributed by atoms with Crippen LogP contribution in [-0.2, 0) is 4.79 Å². The molecule has 2 N–H and O–H groups in total. The molecule has 2 aliphatic heterocycles. The molecule has 0 amide bonds.